The first-order valence-corrected chi connectivity index (χ1v) is 12.3. The third kappa shape index (κ3) is 4.56. The summed E-state index contributed by atoms with van der Waals surface area (Å²) in [5.41, 5.74) is 9.75. The zero-order valence-electron chi connectivity index (χ0n) is 20.6. The molecular formula is C30H32N2O3. The average Bonchev–Trinajstić information content (AvgIpc) is 3.13. The number of aryl methyl sites for hydroxylation is 2. The van der Waals surface area contributed by atoms with E-state index in [-0.39, 0.29) is 12.2 Å². The van der Waals surface area contributed by atoms with Crippen LogP contribution >= 0.6 is 0 Å². The number of carbonyl (C=O) groups is 1. The van der Waals surface area contributed by atoms with Crippen LogP contribution in [0.5, 0.6) is 0 Å². The highest BCUT2D eigenvalue weighted by molar-refractivity contribution is 5.91. The van der Waals surface area contributed by atoms with Crippen LogP contribution in [-0.4, -0.2) is 30.5 Å². The molecule has 1 aliphatic carbocycles. The van der Waals surface area contributed by atoms with Crippen LogP contribution in [0.3, 0.4) is 0 Å². The number of allylic oxidation sites excluding steroid dienone is 2. The molecule has 35 heavy (non-hydrogen) atoms. The summed E-state index contributed by atoms with van der Waals surface area (Å²) in [6.45, 7) is 4.87. The summed E-state index contributed by atoms with van der Waals surface area (Å²) in [5.74, 6) is -0.283. The zero-order valence-corrected chi connectivity index (χ0v) is 20.6. The van der Waals surface area contributed by atoms with Gasteiger partial charge in [-0.1, -0.05) is 60.2 Å². The maximum absolute atomic E-state index is 13.0. The van der Waals surface area contributed by atoms with Crippen molar-refractivity contribution in [1.82, 2.24) is 9.88 Å². The first kappa shape index (κ1) is 23.2. The Balaban J connectivity index is 1.66. The highest BCUT2D eigenvalue weighted by atomic mass is 16.5. The van der Waals surface area contributed by atoms with Crippen molar-refractivity contribution in [3.8, 4) is 0 Å². The fourth-order valence-corrected chi connectivity index (χ4v) is 5.08. The highest BCUT2D eigenvalue weighted by Crippen LogP contribution is 2.38. The second kappa shape index (κ2) is 9.96. The van der Waals surface area contributed by atoms with E-state index in [1.54, 1.807) is 7.11 Å². The number of fused-ring (bicyclic) bond motifs is 2. The van der Waals surface area contributed by atoms with Gasteiger partial charge in [0.15, 0.2) is 6.23 Å². The molecule has 0 bridgehead atoms. The number of rotatable bonds is 6. The summed E-state index contributed by atoms with van der Waals surface area (Å²) in [6, 6.07) is 20.9. The van der Waals surface area contributed by atoms with Crippen LogP contribution in [0.4, 0.5) is 0 Å². The van der Waals surface area contributed by atoms with Gasteiger partial charge in [-0.2, -0.15) is 0 Å². The fraction of sp³-hybridized carbons (Fsp3) is 0.300. The van der Waals surface area contributed by atoms with Gasteiger partial charge in [0.1, 0.15) is 5.69 Å². The summed E-state index contributed by atoms with van der Waals surface area (Å²) in [6.07, 6.45) is 4.88. The third-order valence-corrected chi connectivity index (χ3v) is 6.80. The van der Waals surface area contributed by atoms with Crippen molar-refractivity contribution in [2.45, 2.75) is 45.9 Å². The number of dihydropyridines is 1. The van der Waals surface area contributed by atoms with Crippen molar-refractivity contribution in [1.29, 1.82) is 0 Å². The van der Waals surface area contributed by atoms with Crippen LogP contribution < -0.4 is 5.32 Å². The normalized spacial score (nSPS) is 17.1. The number of methoxy groups -OCH3 is 1. The first-order chi connectivity index (χ1) is 17.1. The van der Waals surface area contributed by atoms with Crippen molar-refractivity contribution in [2.75, 3.05) is 13.7 Å². The summed E-state index contributed by atoms with van der Waals surface area (Å²) in [4.78, 5) is 13.0. The van der Waals surface area contributed by atoms with Crippen molar-refractivity contribution in [3.63, 3.8) is 0 Å². The number of carbonyl (C=O) groups excluding carboxylic acids is 1. The second-order valence-electron chi connectivity index (χ2n) is 9.18. The number of esters is 1. The van der Waals surface area contributed by atoms with Crippen LogP contribution in [0, 0.1) is 6.92 Å². The lowest BCUT2D eigenvalue weighted by Gasteiger charge is -2.30. The van der Waals surface area contributed by atoms with E-state index in [0.717, 1.165) is 47.4 Å². The van der Waals surface area contributed by atoms with Crippen LogP contribution in [0.25, 0.3) is 11.3 Å². The Hall–Kier alpha value is -3.57. The third-order valence-electron chi connectivity index (χ3n) is 6.80. The fourth-order valence-electron chi connectivity index (χ4n) is 5.08. The molecule has 0 fully saturated rings. The Kier molecular flexibility index (Phi) is 6.60. The van der Waals surface area contributed by atoms with Gasteiger partial charge in [0, 0.05) is 19.2 Å². The van der Waals surface area contributed by atoms with Gasteiger partial charge >= 0.3 is 5.97 Å². The Morgan fingerprint density at radius 3 is 2.57 bits per heavy atom. The van der Waals surface area contributed by atoms with E-state index < -0.39 is 0 Å². The molecule has 2 heterocycles. The minimum Gasteiger partial charge on any atom is -0.461 e. The van der Waals surface area contributed by atoms with E-state index in [0.29, 0.717) is 18.8 Å². The van der Waals surface area contributed by atoms with E-state index in [9.17, 15) is 4.79 Å². The maximum atomic E-state index is 13.0. The number of aromatic nitrogens is 1. The van der Waals surface area contributed by atoms with Crippen molar-refractivity contribution in [3.05, 3.63) is 106 Å². The first-order valence-electron chi connectivity index (χ1n) is 12.3. The molecule has 1 atom stereocenters. The topological polar surface area (TPSA) is 52.5 Å². The molecule has 1 aliphatic heterocycles. The van der Waals surface area contributed by atoms with Crippen molar-refractivity contribution in [2.24, 2.45) is 0 Å². The highest BCUT2D eigenvalue weighted by Gasteiger charge is 2.31. The van der Waals surface area contributed by atoms with E-state index in [1.165, 1.54) is 16.7 Å². The van der Waals surface area contributed by atoms with Gasteiger partial charge in [0.25, 0.3) is 0 Å². The lowest BCUT2D eigenvalue weighted by molar-refractivity contribution is 0.0514. The van der Waals surface area contributed by atoms with Crippen molar-refractivity contribution < 1.29 is 14.3 Å². The number of hydrogen-bond acceptors (Lipinski definition) is 4. The number of hydrogen-bond donors (Lipinski definition) is 1. The molecule has 0 amide bonds. The monoisotopic (exact) mass is 468 g/mol. The molecule has 5 heteroatoms. The molecular weight excluding hydrogens is 436 g/mol. The predicted molar refractivity (Wildman–Crippen MR) is 139 cm³/mol. The van der Waals surface area contributed by atoms with Gasteiger partial charge in [-0.25, -0.2) is 4.79 Å². The average molecular weight is 469 g/mol. The Labute approximate surface area is 207 Å². The van der Waals surface area contributed by atoms with Gasteiger partial charge in [0.2, 0.25) is 0 Å². The zero-order chi connectivity index (χ0) is 24.4. The van der Waals surface area contributed by atoms with Gasteiger partial charge in [-0.3, -0.25) is 0 Å². The molecule has 0 saturated carbocycles. The molecule has 2 aromatic carbocycles. The number of nitrogens with one attached hydrogen (secondary N) is 1. The summed E-state index contributed by atoms with van der Waals surface area (Å²) >= 11 is 0. The Bertz CT molecular complexity index is 1280. The standard InChI is InChI=1S/C30H32N2O3/c1-4-35-30(33)26-18-24-12-8-11-23-17-25(22-9-6-5-7-10-22)29(34-3)31-27(23)28(24)32(26)19-21-15-13-20(2)14-16-21/h5-7,9-10,13-18,29,31H,4,8,11-12,19H2,1-3H3. The molecule has 1 aromatic heterocycles. The van der Waals surface area contributed by atoms with E-state index in [1.807, 2.05) is 19.1 Å². The minimum absolute atomic E-state index is 0.282. The molecule has 0 spiro atoms. The summed E-state index contributed by atoms with van der Waals surface area (Å²) in [7, 11) is 1.73. The largest absolute Gasteiger partial charge is 0.461 e. The van der Waals surface area contributed by atoms with Gasteiger partial charge in [-0.15, -0.1) is 0 Å². The smallest absolute Gasteiger partial charge is 0.354 e. The Morgan fingerprint density at radius 2 is 1.86 bits per heavy atom. The van der Waals surface area contributed by atoms with Crippen LogP contribution in [0.2, 0.25) is 0 Å². The molecule has 0 radical (unpaired) electrons. The van der Waals surface area contributed by atoms with Gasteiger partial charge in [-0.05, 0) is 67.5 Å². The number of nitrogens with zero attached hydrogens (tertiary/aromatic N) is 1. The lowest BCUT2D eigenvalue weighted by atomic mass is 9.94. The number of benzene rings is 2. The Morgan fingerprint density at radius 1 is 1.09 bits per heavy atom. The van der Waals surface area contributed by atoms with Crippen LogP contribution in [0.1, 0.15) is 58.2 Å². The summed E-state index contributed by atoms with van der Waals surface area (Å²) < 4.78 is 13.5. The van der Waals surface area contributed by atoms with E-state index >= 15 is 0 Å². The predicted octanol–water partition coefficient (Wildman–Crippen LogP) is 5.73. The van der Waals surface area contributed by atoms with Gasteiger partial charge < -0.3 is 19.4 Å². The molecule has 2 aliphatic rings. The molecule has 1 unspecified atom stereocenters. The number of ether oxygens (including phenoxy) is 2. The minimum atomic E-state index is -0.283. The quantitative estimate of drug-likeness (QED) is 0.470. The second-order valence-corrected chi connectivity index (χ2v) is 9.18. The van der Waals surface area contributed by atoms with Crippen LogP contribution in [0.15, 0.2) is 72.3 Å². The van der Waals surface area contributed by atoms with Crippen molar-refractivity contribution >= 4 is 17.2 Å². The maximum Gasteiger partial charge on any atom is 0.354 e. The van der Waals surface area contributed by atoms with E-state index in [4.69, 9.17) is 9.47 Å². The molecule has 5 rings (SSSR count). The molecule has 0 saturated heterocycles. The lowest BCUT2D eigenvalue weighted by Crippen LogP contribution is -2.35. The van der Waals surface area contributed by atoms with E-state index in [2.05, 4.69) is 71.4 Å². The van der Waals surface area contributed by atoms with Gasteiger partial charge in [0.05, 0.1) is 18.0 Å². The molecule has 180 valence electrons. The summed E-state index contributed by atoms with van der Waals surface area (Å²) in [5, 5.41) is 3.69. The molecule has 3 aromatic rings. The molecule has 5 nitrogen and oxygen atoms in total. The SMILES string of the molecule is CCOC(=O)c1cc2c(n1Cc1ccc(C)cc1)C1=C(C=C(c3ccccc3)C(OC)N1)CCC2. The molecule has 1 N–H and O–H groups in total. The van der Waals surface area contributed by atoms with Crippen LogP contribution in [-0.2, 0) is 22.4 Å².